The summed E-state index contributed by atoms with van der Waals surface area (Å²) in [7, 11) is 0. The maximum absolute atomic E-state index is 12.2. The molecular formula is C42H56O7. The molecule has 0 saturated heterocycles. The van der Waals surface area contributed by atoms with Crippen molar-refractivity contribution < 1.29 is 34.3 Å². The molecule has 0 saturated carbocycles. The van der Waals surface area contributed by atoms with Crippen molar-refractivity contribution in [2.45, 2.75) is 85.4 Å². The lowest BCUT2D eigenvalue weighted by atomic mass is 9.84. The fraction of sp³-hybridized carbons (Fsp3) is 0.452. The Kier molecular flexibility index (Phi) is 16.2. The van der Waals surface area contributed by atoms with Crippen molar-refractivity contribution in [3.05, 3.63) is 102 Å². The Labute approximate surface area is 293 Å². The summed E-state index contributed by atoms with van der Waals surface area (Å²) < 4.78 is 17.4. The molecule has 0 fully saturated rings. The standard InChI is InChI=1S/C42H56O7/c1-7-9-10-11-32-12-14-33(15-13-32)34-16-18-38(36(26-34)20-23-48-40(45)30(3)4)35-17-19-39(47-25-22-42(8-2,28-43)29-44)37(27-35)21-24-49-41(46)31(5)6/h12-19,26-27,41,43-44,46H,3,5,7-11,20-25,28-29H2,1-2,4,6H3. The molecule has 0 amide bonds. The first kappa shape index (κ1) is 39.7. The van der Waals surface area contributed by atoms with E-state index >= 15 is 0 Å². The van der Waals surface area contributed by atoms with E-state index in [4.69, 9.17) is 14.2 Å². The van der Waals surface area contributed by atoms with Crippen LogP contribution in [0, 0.1) is 5.41 Å². The van der Waals surface area contributed by atoms with Crippen LogP contribution in [-0.2, 0) is 33.5 Å². The van der Waals surface area contributed by atoms with E-state index in [2.05, 4.69) is 68.6 Å². The molecule has 3 aromatic carbocycles. The number of carbonyl (C=O) groups is 1. The topological polar surface area (TPSA) is 105 Å². The van der Waals surface area contributed by atoms with Gasteiger partial charge in [0.05, 0.1) is 33.0 Å². The number of esters is 1. The smallest absolute Gasteiger partial charge is 0.333 e. The van der Waals surface area contributed by atoms with Crippen molar-refractivity contribution in [1.82, 2.24) is 0 Å². The van der Waals surface area contributed by atoms with E-state index in [-0.39, 0.29) is 26.4 Å². The second-order valence-electron chi connectivity index (χ2n) is 13.1. The summed E-state index contributed by atoms with van der Waals surface area (Å²) in [5.41, 5.74) is 7.73. The predicted molar refractivity (Wildman–Crippen MR) is 198 cm³/mol. The second kappa shape index (κ2) is 20.1. The zero-order chi connectivity index (χ0) is 35.8. The first-order valence-electron chi connectivity index (χ1n) is 17.5. The number of unbranched alkanes of at least 4 members (excludes halogenated alkanes) is 2. The zero-order valence-corrected chi connectivity index (χ0v) is 29.9. The van der Waals surface area contributed by atoms with Crippen LogP contribution in [0.5, 0.6) is 5.75 Å². The van der Waals surface area contributed by atoms with Gasteiger partial charge in [-0.2, -0.15) is 0 Å². The Morgan fingerprint density at radius 2 is 1.45 bits per heavy atom. The van der Waals surface area contributed by atoms with Gasteiger partial charge in [0, 0.05) is 17.4 Å². The number of aliphatic hydroxyl groups is 3. The summed E-state index contributed by atoms with van der Waals surface area (Å²) in [6.45, 7) is 15.5. The van der Waals surface area contributed by atoms with Crippen molar-refractivity contribution >= 4 is 5.97 Å². The Morgan fingerprint density at radius 1 is 0.796 bits per heavy atom. The Balaban J connectivity index is 1.96. The van der Waals surface area contributed by atoms with Gasteiger partial charge in [0.1, 0.15) is 5.75 Å². The highest BCUT2D eigenvalue weighted by molar-refractivity contribution is 5.87. The quantitative estimate of drug-likeness (QED) is 0.0326. The third-order valence-corrected chi connectivity index (χ3v) is 9.17. The predicted octanol–water partition coefficient (Wildman–Crippen LogP) is 8.02. The number of hydrogen-bond acceptors (Lipinski definition) is 7. The van der Waals surface area contributed by atoms with Gasteiger partial charge in [-0.25, -0.2) is 4.79 Å². The summed E-state index contributed by atoms with van der Waals surface area (Å²) in [5.74, 6) is 0.261. The molecule has 0 radical (unpaired) electrons. The average Bonchev–Trinajstić information content (AvgIpc) is 3.11. The number of rotatable bonds is 22. The minimum absolute atomic E-state index is 0.120. The van der Waals surface area contributed by atoms with Crippen LogP contribution in [0.15, 0.2) is 85.0 Å². The van der Waals surface area contributed by atoms with Gasteiger partial charge in [-0.05, 0) is 103 Å². The third kappa shape index (κ3) is 12.0. The molecule has 0 heterocycles. The Hall–Kier alpha value is -3.75. The summed E-state index contributed by atoms with van der Waals surface area (Å²) in [4.78, 5) is 12.2. The molecule has 3 aromatic rings. The molecule has 266 valence electrons. The van der Waals surface area contributed by atoms with Gasteiger partial charge in [-0.1, -0.05) is 88.4 Å². The first-order valence-corrected chi connectivity index (χ1v) is 17.5. The SMILES string of the molecule is C=C(C)C(=O)OCCc1cc(-c2ccc(CCCCC)cc2)ccc1-c1ccc(OCCC(CC)(CO)CO)c(CCOC(O)C(=C)C)c1. The minimum Gasteiger partial charge on any atom is -0.493 e. The molecule has 0 aliphatic heterocycles. The van der Waals surface area contributed by atoms with Crippen LogP contribution in [0.3, 0.4) is 0 Å². The molecule has 0 aliphatic rings. The number of hydrogen-bond donors (Lipinski definition) is 3. The lowest BCUT2D eigenvalue weighted by Gasteiger charge is -2.28. The average molecular weight is 673 g/mol. The van der Waals surface area contributed by atoms with Crippen molar-refractivity contribution in [2.75, 3.05) is 33.0 Å². The minimum atomic E-state index is -1.06. The Morgan fingerprint density at radius 3 is 2.08 bits per heavy atom. The highest BCUT2D eigenvalue weighted by atomic mass is 16.6. The molecule has 7 heteroatoms. The lowest BCUT2D eigenvalue weighted by molar-refractivity contribution is -0.138. The number of carbonyl (C=O) groups excluding carboxylic acids is 1. The molecule has 0 spiro atoms. The molecule has 7 nitrogen and oxygen atoms in total. The first-order chi connectivity index (χ1) is 23.6. The largest absolute Gasteiger partial charge is 0.493 e. The maximum atomic E-state index is 12.2. The fourth-order valence-corrected chi connectivity index (χ4v) is 5.57. The zero-order valence-electron chi connectivity index (χ0n) is 29.9. The van der Waals surface area contributed by atoms with Gasteiger partial charge in [0.2, 0.25) is 0 Å². The highest BCUT2D eigenvalue weighted by Gasteiger charge is 2.26. The van der Waals surface area contributed by atoms with Crippen molar-refractivity contribution in [1.29, 1.82) is 0 Å². The monoisotopic (exact) mass is 672 g/mol. The molecule has 1 atom stereocenters. The van der Waals surface area contributed by atoms with Gasteiger partial charge in [-0.15, -0.1) is 0 Å². The van der Waals surface area contributed by atoms with Crippen molar-refractivity contribution in [2.24, 2.45) is 5.41 Å². The van der Waals surface area contributed by atoms with E-state index in [1.165, 1.54) is 24.8 Å². The van der Waals surface area contributed by atoms with Gasteiger partial charge >= 0.3 is 5.97 Å². The molecule has 0 aliphatic carbocycles. The van der Waals surface area contributed by atoms with Crippen LogP contribution in [0.2, 0.25) is 0 Å². The lowest BCUT2D eigenvalue weighted by Crippen LogP contribution is -2.31. The van der Waals surface area contributed by atoms with E-state index in [0.717, 1.165) is 39.8 Å². The Bertz CT molecular complexity index is 1500. The molecule has 3 rings (SSSR count). The fourth-order valence-electron chi connectivity index (χ4n) is 5.57. The third-order valence-electron chi connectivity index (χ3n) is 9.17. The highest BCUT2D eigenvalue weighted by Crippen LogP contribution is 2.34. The molecule has 3 N–H and O–H groups in total. The van der Waals surface area contributed by atoms with E-state index < -0.39 is 17.7 Å². The van der Waals surface area contributed by atoms with E-state index in [1.54, 1.807) is 13.8 Å². The van der Waals surface area contributed by atoms with Crippen LogP contribution in [-0.4, -0.2) is 60.6 Å². The number of benzene rings is 3. The molecule has 0 bridgehead atoms. The van der Waals surface area contributed by atoms with Crippen molar-refractivity contribution in [3.8, 4) is 28.0 Å². The molecule has 49 heavy (non-hydrogen) atoms. The van der Waals surface area contributed by atoms with Gasteiger partial charge in [0.15, 0.2) is 6.29 Å². The molecule has 0 aromatic heterocycles. The van der Waals surface area contributed by atoms with Gasteiger partial charge in [-0.3, -0.25) is 0 Å². The van der Waals surface area contributed by atoms with Crippen LogP contribution in [0.1, 0.15) is 76.5 Å². The summed E-state index contributed by atoms with van der Waals surface area (Å²) >= 11 is 0. The summed E-state index contributed by atoms with van der Waals surface area (Å²) in [6.07, 6.45) is 5.75. The van der Waals surface area contributed by atoms with E-state index in [9.17, 15) is 20.1 Å². The van der Waals surface area contributed by atoms with Crippen LogP contribution in [0.25, 0.3) is 22.3 Å². The second-order valence-corrected chi connectivity index (χ2v) is 13.1. The van der Waals surface area contributed by atoms with Crippen LogP contribution >= 0.6 is 0 Å². The summed E-state index contributed by atoms with van der Waals surface area (Å²) in [5, 5.41) is 29.9. The van der Waals surface area contributed by atoms with E-state index in [0.29, 0.717) is 49.2 Å². The number of aryl methyl sites for hydroxylation is 1. The molecular weight excluding hydrogens is 616 g/mol. The number of ether oxygens (including phenoxy) is 3. The van der Waals surface area contributed by atoms with Gasteiger partial charge < -0.3 is 29.5 Å². The molecule has 1 unspecified atom stereocenters. The normalized spacial score (nSPS) is 12.1. The van der Waals surface area contributed by atoms with Crippen molar-refractivity contribution in [3.63, 3.8) is 0 Å². The van der Waals surface area contributed by atoms with Gasteiger partial charge in [0.25, 0.3) is 0 Å². The van der Waals surface area contributed by atoms with E-state index in [1.807, 2.05) is 19.1 Å². The summed E-state index contributed by atoms with van der Waals surface area (Å²) in [6, 6.07) is 21.2. The maximum Gasteiger partial charge on any atom is 0.333 e. The van der Waals surface area contributed by atoms with Crippen LogP contribution < -0.4 is 4.74 Å². The van der Waals surface area contributed by atoms with Crippen LogP contribution in [0.4, 0.5) is 0 Å². The number of aliphatic hydroxyl groups excluding tert-OH is 3.